The van der Waals surface area contributed by atoms with Crippen molar-refractivity contribution in [1.82, 2.24) is 19.7 Å². The molecule has 0 aliphatic rings. The Bertz CT molecular complexity index is 1240. The van der Waals surface area contributed by atoms with Gasteiger partial charge in [0.25, 0.3) is 0 Å². The molecule has 1 radical (unpaired) electrons. The molecular weight excluding hydrogens is 428 g/mol. The molecule has 0 aliphatic carbocycles. The number of hydrogen-bond acceptors (Lipinski definition) is 3. The van der Waals surface area contributed by atoms with Crippen LogP contribution in [0.5, 0.6) is 5.75 Å². The van der Waals surface area contributed by atoms with Gasteiger partial charge in [-0.3, -0.25) is 4.68 Å². The molecule has 0 unspecified atom stereocenters. The maximum atomic E-state index is 12.8. The molecule has 0 spiro atoms. The topological polar surface area (TPSA) is 55.7 Å². The van der Waals surface area contributed by atoms with Crippen molar-refractivity contribution < 1.29 is 17.9 Å². The molecule has 4 aromatic rings. The molecule has 0 aliphatic heterocycles. The monoisotopic (exact) mass is 451 g/mol. The summed E-state index contributed by atoms with van der Waals surface area (Å²) in [6, 6.07) is 13.4. The first-order valence-corrected chi connectivity index (χ1v) is 9.99. The second-order valence-electron chi connectivity index (χ2n) is 8.34. The zero-order chi connectivity index (χ0) is 22.4. The third-order valence-corrected chi connectivity index (χ3v) is 5.00. The zero-order valence-corrected chi connectivity index (χ0v) is 20.7. The van der Waals surface area contributed by atoms with Crippen molar-refractivity contribution >= 4 is 40.6 Å². The number of nitrogens with one attached hydrogen (secondary N) is 1. The minimum Gasteiger partial charge on any atom is -0.405 e. The number of aryl methyl sites for hydroxylation is 1. The van der Waals surface area contributed by atoms with Crippen molar-refractivity contribution in [2.75, 3.05) is 0 Å². The van der Waals surface area contributed by atoms with E-state index in [1.54, 1.807) is 30.3 Å². The Hall–Kier alpha value is -2.29. The Morgan fingerprint density at radius 1 is 1.03 bits per heavy atom. The minimum absolute atomic E-state index is 0. The molecule has 163 valence electrons. The van der Waals surface area contributed by atoms with E-state index in [1.807, 2.05) is 17.7 Å². The quantitative estimate of drug-likeness (QED) is 0.392. The van der Waals surface area contributed by atoms with E-state index in [0.29, 0.717) is 29.0 Å². The number of fused-ring (bicyclic) bond motifs is 1. The Morgan fingerprint density at radius 2 is 1.75 bits per heavy atom. The molecule has 5 nitrogen and oxygen atoms in total. The summed E-state index contributed by atoms with van der Waals surface area (Å²) in [5.74, 6) is 0.421. The van der Waals surface area contributed by atoms with Gasteiger partial charge in [-0.05, 0) is 36.8 Å². The van der Waals surface area contributed by atoms with Gasteiger partial charge in [0.15, 0.2) is 5.82 Å². The van der Waals surface area contributed by atoms with Gasteiger partial charge in [0.05, 0.1) is 16.7 Å². The van der Waals surface area contributed by atoms with E-state index in [2.05, 4.69) is 35.5 Å². The maximum absolute atomic E-state index is 12.8. The number of hydrogen-bond donors (Lipinski definition) is 1. The second kappa shape index (κ2) is 8.92. The van der Waals surface area contributed by atoms with E-state index in [4.69, 9.17) is 5.10 Å². The molecule has 0 atom stereocenters. The second-order valence-corrected chi connectivity index (χ2v) is 8.34. The van der Waals surface area contributed by atoms with Crippen LogP contribution in [0.1, 0.15) is 33.4 Å². The molecule has 9 heteroatoms. The molecule has 2 aromatic carbocycles. The van der Waals surface area contributed by atoms with Crippen molar-refractivity contribution in [2.24, 2.45) is 0 Å². The normalized spacial score (nSPS) is 12.1. The fourth-order valence-corrected chi connectivity index (χ4v) is 3.43. The fraction of sp³-hybridized carbons (Fsp3) is 0.304. The predicted octanol–water partition coefficient (Wildman–Crippen LogP) is 5.93. The zero-order valence-electron chi connectivity index (χ0n) is 18.7. The summed E-state index contributed by atoms with van der Waals surface area (Å²) in [5, 5.41) is 4.69. The number of aromatic amines is 1. The van der Waals surface area contributed by atoms with E-state index >= 15 is 0 Å². The number of benzene rings is 2. The van der Waals surface area contributed by atoms with E-state index in [0.717, 1.165) is 16.9 Å². The summed E-state index contributed by atoms with van der Waals surface area (Å²) in [6.45, 7) is 9.01. The van der Waals surface area contributed by atoms with Crippen LogP contribution in [-0.2, 0) is 12.0 Å². The average Bonchev–Trinajstić information content (AvgIpc) is 3.30. The maximum Gasteiger partial charge on any atom is 0.573 e. The molecule has 32 heavy (non-hydrogen) atoms. The predicted molar refractivity (Wildman–Crippen MR) is 120 cm³/mol. The molecule has 4 rings (SSSR count). The van der Waals surface area contributed by atoms with Crippen LogP contribution in [0.3, 0.4) is 0 Å². The summed E-state index contributed by atoms with van der Waals surface area (Å²) in [7, 11) is 0. The molecular formula is C23H23F3N4NaO. The van der Waals surface area contributed by atoms with Crippen LogP contribution in [0.2, 0.25) is 0 Å². The summed E-state index contributed by atoms with van der Waals surface area (Å²) >= 11 is 0. The Morgan fingerprint density at radius 3 is 2.41 bits per heavy atom. The van der Waals surface area contributed by atoms with Gasteiger partial charge in [0.1, 0.15) is 11.4 Å². The molecule has 2 aromatic heterocycles. The number of halogens is 3. The van der Waals surface area contributed by atoms with Gasteiger partial charge in [0.2, 0.25) is 0 Å². The first kappa shape index (κ1) is 24.4. The number of alkyl halides is 3. The van der Waals surface area contributed by atoms with Crippen molar-refractivity contribution in [3.05, 3.63) is 54.2 Å². The third kappa shape index (κ3) is 5.03. The van der Waals surface area contributed by atoms with Crippen molar-refractivity contribution in [2.45, 2.75) is 46.0 Å². The van der Waals surface area contributed by atoms with Crippen molar-refractivity contribution in [3.63, 3.8) is 0 Å². The van der Waals surface area contributed by atoms with Crippen molar-refractivity contribution in [3.8, 4) is 28.4 Å². The van der Waals surface area contributed by atoms with Gasteiger partial charge >= 0.3 is 6.36 Å². The number of para-hydroxylation sites is 1. The number of imidazole rings is 1. The van der Waals surface area contributed by atoms with Gasteiger partial charge < -0.3 is 9.72 Å². The molecule has 1 N–H and O–H groups in total. The van der Waals surface area contributed by atoms with Gasteiger partial charge in [-0.1, -0.05) is 45.0 Å². The van der Waals surface area contributed by atoms with Crippen LogP contribution in [0.4, 0.5) is 13.2 Å². The van der Waals surface area contributed by atoms with Crippen LogP contribution < -0.4 is 4.74 Å². The van der Waals surface area contributed by atoms with E-state index < -0.39 is 6.36 Å². The van der Waals surface area contributed by atoms with Crippen LogP contribution >= 0.6 is 0 Å². The van der Waals surface area contributed by atoms with Crippen LogP contribution in [0.25, 0.3) is 33.7 Å². The van der Waals surface area contributed by atoms with Gasteiger partial charge in [-0.2, -0.15) is 5.10 Å². The first-order valence-electron chi connectivity index (χ1n) is 9.99. The number of aromatic nitrogens is 4. The number of nitrogens with zero attached hydrogens (tertiary/aromatic N) is 3. The van der Waals surface area contributed by atoms with Gasteiger partial charge in [-0.15, -0.1) is 13.2 Å². The van der Waals surface area contributed by atoms with Gasteiger partial charge in [-0.25, -0.2) is 4.98 Å². The van der Waals surface area contributed by atoms with E-state index in [1.165, 1.54) is 12.1 Å². The summed E-state index contributed by atoms with van der Waals surface area (Å²) in [4.78, 5) is 7.97. The Balaban J connectivity index is 0.00000289. The minimum atomic E-state index is -4.76. The molecule has 2 heterocycles. The third-order valence-electron chi connectivity index (χ3n) is 5.00. The molecule has 0 fully saturated rings. The van der Waals surface area contributed by atoms with Crippen LogP contribution in [-0.4, -0.2) is 55.7 Å². The molecule has 0 bridgehead atoms. The van der Waals surface area contributed by atoms with Crippen molar-refractivity contribution in [1.29, 1.82) is 0 Å². The number of ether oxygens (including phenoxy) is 1. The SMILES string of the molecule is CCn1nc(C(C)(C)C)cc1-c1nc2ccc(-c3ccccc3OC(F)(F)F)cc2[nH]1.[Na]. The molecule has 0 saturated carbocycles. The molecule has 0 saturated heterocycles. The number of rotatable bonds is 4. The van der Waals surface area contributed by atoms with E-state index in [9.17, 15) is 13.2 Å². The van der Waals surface area contributed by atoms with Crippen LogP contribution in [0, 0.1) is 0 Å². The van der Waals surface area contributed by atoms with Crippen LogP contribution in [0.15, 0.2) is 48.5 Å². The summed E-state index contributed by atoms with van der Waals surface area (Å²) in [6.07, 6.45) is -4.76. The average molecular weight is 451 g/mol. The Kier molecular flexibility index (Phi) is 6.79. The summed E-state index contributed by atoms with van der Waals surface area (Å²) < 4.78 is 44.5. The largest absolute Gasteiger partial charge is 0.573 e. The Labute approximate surface area is 206 Å². The smallest absolute Gasteiger partial charge is 0.405 e. The fourth-order valence-electron chi connectivity index (χ4n) is 3.43. The van der Waals surface area contributed by atoms with Gasteiger partial charge in [0, 0.05) is 47.1 Å². The first-order chi connectivity index (χ1) is 14.5. The number of H-pyrrole nitrogens is 1. The standard InChI is InChI=1S/C23H23F3N4O.Na/c1-5-30-18(13-20(29-30)22(2,3)4)21-27-16-11-10-14(12-17(16)28-21)15-8-6-7-9-19(15)31-23(24,25)26;/h6-13H,5H2,1-4H3,(H,27,28);. The van der Waals surface area contributed by atoms with E-state index in [-0.39, 0.29) is 40.7 Å². The summed E-state index contributed by atoms with van der Waals surface area (Å²) in [5.41, 5.74) is 4.11. The molecule has 0 amide bonds.